The fourth-order valence-corrected chi connectivity index (χ4v) is 3.12. The fraction of sp³-hybridized carbons (Fsp3) is 0.231. The van der Waals surface area contributed by atoms with E-state index in [4.69, 9.17) is 16.3 Å². The van der Waals surface area contributed by atoms with Gasteiger partial charge >= 0.3 is 0 Å². The minimum absolute atomic E-state index is 0.0833. The highest BCUT2D eigenvalue weighted by Gasteiger charge is 2.17. The van der Waals surface area contributed by atoms with Crippen LogP contribution in [0.2, 0.25) is 5.15 Å². The molecule has 1 aromatic carbocycles. The second-order valence-electron chi connectivity index (χ2n) is 4.49. The van der Waals surface area contributed by atoms with Crippen LogP contribution in [-0.2, 0) is 10.0 Å². The van der Waals surface area contributed by atoms with Gasteiger partial charge in [0.2, 0.25) is 11.8 Å². The number of nitrogens with zero attached hydrogens (tertiary/aromatic N) is 2. The lowest BCUT2D eigenvalue weighted by Crippen LogP contribution is -2.15. The van der Waals surface area contributed by atoms with E-state index in [-0.39, 0.29) is 21.9 Å². The van der Waals surface area contributed by atoms with Gasteiger partial charge in [-0.25, -0.2) is 18.1 Å². The van der Waals surface area contributed by atoms with E-state index in [1.54, 1.807) is 12.1 Å². The molecule has 21 heavy (non-hydrogen) atoms. The number of halogens is 1. The standard InChI is InChI=1S/C13H14ClN3O3S/c1-8-4-9(2)6-10(5-8)21(18,19)17-13-15-11(14)7-12(16-13)20-3/h4-7H,1-3H3,(H,15,16,17). The van der Waals surface area contributed by atoms with Gasteiger partial charge in [0.15, 0.2) is 0 Å². The first-order chi connectivity index (χ1) is 9.80. The number of hydrogen-bond acceptors (Lipinski definition) is 5. The average molecular weight is 328 g/mol. The van der Waals surface area contributed by atoms with Gasteiger partial charge in [0.05, 0.1) is 12.0 Å². The van der Waals surface area contributed by atoms with Gasteiger partial charge < -0.3 is 4.74 Å². The van der Waals surface area contributed by atoms with Crippen LogP contribution < -0.4 is 9.46 Å². The van der Waals surface area contributed by atoms with Crippen molar-refractivity contribution in [3.05, 3.63) is 40.5 Å². The van der Waals surface area contributed by atoms with Crippen molar-refractivity contribution in [1.82, 2.24) is 9.97 Å². The van der Waals surface area contributed by atoms with Gasteiger partial charge in [-0.2, -0.15) is 4.98 Å². The first-order valence-electron chi connectivity index (χ1n) is 6.00. The Labute approximate surface area is 128 Å². The zero-order valence-corrected chi connectivity index (χ0v) is 13.3. The third-order valence-electron chi connectivity index (χ3n) is 2.61. The molecule has 0 unspecified atom stereocenters. The maximum atomic E-state index is 12.3. The van der Waals surface area contributed by atoms with Gasteiger partial charge in [-0.1, -0.05) is 17.7 Å². The number of anilines is 1. The second-order valence-corrected chi connectivity index (χ2v) is 6.56. The maximum absolute atomic E-state index is 12.3. The van der Waals surface area contributed by atoms with Gasteiger partial charge in [0, 0.05) is 6.07 Å². The highest BCUT2D eigenvalue weighted by atomic mass is 35.5. The molecule has 1 aromatic heterocycles. The van der Waals surface area contributed by atoms with Crippen LogP contribution in [0, 0.1) is 13.8 Å². The van der Waals surface area contributed by atoms with Crippen molar-refractivity contribution in [1.29, 1.82) is 0 Å². The Kier molecular flexibility index (Phi) is 4.34. The number of aromatic nitrogens is 2. The van der Waals surface area contributed by atoms with Crippen LogP contribution in [0.3, 0.4) is 0 Å². The van der Waals surface area contributed by atoms with Crippen molar-refractivity contribution in [2.75, 3.05) is 11.8 Å². The van der Waals surface area contributed by atoms with Crippen LogP contribution in [-0.4, -0.2) is 25.5 Å². The molecule has 0 radical (unpaired) electrons. The number of aryl methyl sites for hydroxylation is 2. The number of methoxy groups -OCH3 is 1. The third-order valence-corrected chi connectivity index (χ3v) is 4.11. The maximum Gasteiger partial charge on any atom is 0.264 e. The van der Waals surface area contributed by atoms with Crippen molar-refractivity contribution in [2.45, 2.75) is 18.7 Å². The normalized spacial score (nSPS) is 11.2. The van der Waals surface area contributed by atoms with Crippen LogP contribution in [0.25, 0.3) is 0 Å². The highest BCUT2D eigenvalue weighted by Crippen LogP contribution is 2.20. The Morgan fingerprint density at radius 3 is 2.29 bits per heavy atom. The molecule has 1 N–H and O–H groups in total. The molecule has 6 nitrogen and oxygen atoms in total. The second kappa shape index (κ2) is 5.87. The zero-order valence-electron chi connectivity index (χ0n) is 11.7. The molecule has 0 aliphatic heterocycles. The summed E-state index contributed by atoms with van der Waals surface area (Å²) in [6.07, 6.45) is 0. The summed E-state index contributed by atoms with van der Waals surface area (Å²) in [6, 6.07) is 6.41. The number of sulfonamides is 1. The monoisotopic (exact) mass is 327 g/mol. The molecular weight excluding hydrogens is 314 g/mol. The minimum Gasteiger partial charge on any atom is -0.481 e. The summed E-state index contributed by atoms with van der Waals surface area (Å²) in [4.78, 5) is 7.86. The lowest BCUT2D eigenvalue weighted by molar-refractivity contribution is 0.397. The molecule has 2 rings (SSSR count). The SMILES string of the molecule is COc1cc(Cl)nc(NS(=O)(=O)c2cc(C)cc(C)c2)n1. The molecule has 0 spiro atoms. The summed E-state index contributed by atoms with van der Waals surface area (Å²) in [6.45, 7) is 3.65. The zero-order chi connectivity index (χ0) is 15.6. The van der Waals surface area contributed by atoms with Crippen molar-refractivity contribution in [3.63, 3.8) is 0 Å². The Bertz CT molecular complexity index is 758. The van der Waals surface area contributed by atoms with E-state index in [1.165, 1.54) is 13.2 Å². The smallest absolute Gasteiger partial charge is 0.264 e. The molecular formula is C13H14ClN3O3S. The van der Waals surface area contributed by atoms with E-state index in [2.05, 4.69) is 14.7 Å². The largest absolute Gasteiger partial charge is 0.481 e. The Morgan fingerprint density at radius 1 is 1.10 bits per heavy atom. The first-order valence-corrected chi connectivity index (χ1v) is 7.86. The first kappa shape index (κ1) is 15.5. The molecule has 0 aliphatic carbocycles. The number of hydrogen-bond donors (Lipinski definition) is 1. The molecule has 1 heterocycles. The van der Waals surface area contributed by atoms with Crippen molar-refractivity contribution in [2.24, 2.45) is 0 Å². The van der Waals surface area contributed by atoms with Crippen LogP contribution in [0.5, 0.6) is 5.88 Å². The van der Waals surface area contributed by atoms with Gasteiger partial charge in [-0.15, -0.1) is 0 Å². The van der Waals surface area contributed by atoms with E-state index in [9.17, 15) is 8.42 Å². The molecule has 0 aliphatic rings. The average Bonchev–Trinajstić information content (AvgIpc) is 2.36. The highest BCUT2D eigenvalue weighted by molar-refractivity contribution is 7.92. The molecule has 0 saturated heterocycles. The lowest BCUT2D eigenvalue weighted by Gasteiger charge is -2.09. The van der Waals surface area contributed by atoms with E-state index in [0.717, 1.165) is 11.1 Å². The number of rotatable bonds is 4. The molecule has 0 atom stereocenters. The van der Waals surface area contributed by atoms with Gasteiger partial charge in [0.1, 0.15) is 5.15 Å². The summed E-state index contributed by atoms with van der Waals surface area (Å²) >= 11 is 5.79. The number of nitrogens with one attached hydrogen (secondary N) is 1. The Hall–Kier alpha value is -1.86. The quantitative estimate of drug-likeness (QED) is 0.873. The Balaban J connectivity index is 2.39. The Morgan fingerprint density at radius 2 is 1.71 bits per heavy atom. The fourth-order valence-electron chi connectivity index (χ4n) is 1.81. The van der Waals surface area contributed by atoms with E-state index >= 15 is 0 Å². The van der Waals surface area contributed by atoms with Crippen LogP contribution >= 0.6 is 11.6 Å². The van der Waals surface area contributed by atoms with Crippen LogP contribution in [0.1, 0.15) is 11.1 Å². The van der Waals surface area contributed by atoms with E-state index in [1.807, 2.05) is 19.9 Å². The van der Waals surface area contributed by atoms with E-state index < -0.39 is 10.0 Å². The van der Waals surface area contributed by atoms with Gasteiger partial charge in [-0.05, 0) is 37.1 Å². The predicted molar refractivity (Wildman–Crippen MR) is 80.3 cm³/mol. The number of ether oxygens (including phenoxy) is 1. The molecule has 0 fully saturated rings. The lowest BCUT2D eigenvalue weighted by atomic mass is 10.2. The van der Waals surface area contributed by atoms with Crippen LogP contribution in [0.4, 0.5) is 5.95 Å². The summed E-state index contributed by atoms with van der Waals surface area (Å²) in [5.41, 5.74) is 1.69. The summed E-state index contributed by atoms with van der Waals surface area (Å²) < 4.78 is 31.9. The third kappa shape index (κ3) is 3.83. The molecule has 0 bridgehead atoms. The number of benzene rings is 1. The van der Waals surface area contributed by atoms with Gasteiger partial charge in [0.25, 0.3) is 10.0 Å². The van der Waals surface area contributed by atoms with Crippen LogP contribution in [0.15, 0.2) is 29.2 Å². The summed E-state index contributed by atoms with van der Waals surface area (Å²) in [5.74, 6) is 0.0339. The molecule has 0 amide bonds. The van der Waals surface area contributed by atoms with Gasteiger partial charge in [-0.3, -0.25) is 0 Å². The predicted octanol–water partition coefficient (Wildman–Crippen LogP) is 2.56. The molecule has 2 aromatic rings. The topological polar surface area (TPSA) is 81.2 Å². The van der Waals surface area contributed by atoms with Crippen molar-refractivity contribution in [3.8, 4) is 5.88 Å². The minimum atomic E-state index is -3.79. The molecule has 0 saturated carbocycles. The van der Waals surface area contributed by atoms with Crippen molar-refractivity contribution >= 4 is 27.6 Å². The van der Waals surface area contributed by atoms with Crippen molar-refractivity contribution < 1.29 is 13.2 Å². The molecule has 112 valence electrons. The molecule has 8 heteroatoms. The van der Waals surface area contributed by atoms with E-state index in [0.29, 0.717) is 0 Å². The summed E-state index contributed by atoms with van der Waals surface area (Å²) in [7, 11) is -2.39. The summed E-state index contributed by atoms with van der Waals surface area (Å²) in [5, 5.41) is 0.0833.